The molecule has 3 aromatic rings. The number of hydrogen-bond acceptors (Lipinski definition) is 0. The molecule has 2 heteroatoms. The van der Waals surface area contributed by atoms with Crippen LogP contribution in [0.3, 0.4) is 0 Å². The Bertz CT molecular complexity index is 1040. The maximum absolute atomic E-state index is 2.87. The molecule has 2 aliphatic carbocycles. The zero-order valence-electron chi connectivity index (χ0n) is 18.0. The Morgan fingerprint density at radius 3 is 1.19 bits per heavy atom. The molecule has 0 saturated carbocycles. The molecule has 0 heterocycles. The first-order valence-electron chi connectivity index (χ1n) is 11.2. The second-order valence-electron chi connectivity index (χ2n) is 8.62. The van der Waals surface area contributed by atoms with E-state index in [4.69, 9.17) is 0 Å². The molecule has 0 atom stereocenters. The summed E-state index contributed by atoms with van der Waals surface area (Å²) in [6, 6.07) is 34.5. The maximum atomic E-state index is 2.72. The predicted octanol–water partition coefficient (Wildman–Crippen LogP) is 5.54. The number of hydrogen-bond donors (Lipinski definition) is 0. The van der Waals surface area contributed by atoms with Gasteiger partial charge in [-0.1, -0.05) is 0 Å². The summed E-state index contributed by atoms with van der Waals surface area (Å²) in [5.74, 6) is -2.34. The first-order chi connectivity index (χ1) is 15.3. The van der Waals surface area contributed by atoms with Gasteiger partial charge in [0.2, 0.25) is 0 Å². The van der Waals surface area contributed by atoms with Crippen LogP contribution >= 0.6 is 0 Å². The van der Waals surface area contributed by atoms with E-state index in [2.05, 4.69) is 133 Å². The third-order valence-electron chi connectivity index (χ3n) is 7.20. The third-order valence-corrected chi connectivity index (χ3v) is 31.2. The molecule has 2 aliphatic rings. The van der Waals surface area contributed by atoms with Crippen LogP contribution in [0.2, 0.25) is 5.23 Å². The van der Waals surface area contributed by atoms with Crippen molar-refractivity contribution in [1.29, 1.82) is 0 Å². The monoisotopic (exact) mass is 452 g/mol. The van der Waals surface area contributed by atoms with Crippen molar-refractivity contribution in [3.8, 4) is 0 Å². The summed E-state index contributed by atoms with van der Waals surface area (Å²) in [7, 11) is 0. The van der Waals surface area contributed by atoms with E-state index >= 15 is 0 Å². The Kier molecular flexibility index (Phi) is 5.67. The van der Waals surface area contributed by atoms with Gasteiger partial charge in [-0.15, -0.1) is 0 Å². The summed E-state index contributed by atoms with van der Waals surface area (Å²) in [6.45, 7) is 0. The first kappa shape index (κ1) is 20.5. The fourth-order valence-corrected chi connectivity index (χ4v) is 31.7. The van der Waals surface area contributed by atoms with E-state index in [0.29, 0.717) is 0 Å². The Balaban J connectivity index is 1.94. The van der Waals surface area contributed by atoms with Crippen LogP contribution in [-0.2, 0) is 15.8 Å². The van der Waals surface area contributed by atoms with Gasteiger partial charge in [-0.05, 0) is 0 Å². The minimum atomic E-state index is -2.87. The van der Waals surface area contributed by atoms with Gasteiger partial charge in [-0.25, -0.2) is 0 Å². The van der Waals surface area contributed by atoms with Crippen LogP contribution in [0.4, 0.5) is 0 Å². The molecule has 0 N–H and O–H groups in total. The molecule has 152 valence electrons. The summed E-state index contributed by atoms with van der Waals surface area (Å²) in [4.78, 5) is 0. The summed E-state index contributed by atoms with van der Waals surface area (Å²) in [6.07, 6.45) is 16.5. The summed E-state index contributed by atoms with van der Waals surface area (Å²) in [5, 5.41) is 7.37. The first-order valence-corrected chi connectivity index (χ1v) is 18.6. The van der Waals surface area contributed by atoms with Crippen molar-refractivity contribution >= 4 is 21.5 Å². The Hall–Kier alpha value is -2.45. The molecule has 0 spiro atoms. The van der Waals surface area contributed by atoms with E-state index < -0.39 is 21.8 Å². The second kappa shape index (κ2) is 8.59. The zero-order chi connectivity index (χ0) is 21.2. The Morgan fingerprint density at radius 1 is 0.548 bits per heavy atom. The van der Waals surface area contributed by atoms with Crippen molar-refractivity contribution in [2.75, 3.05) is 0 Å². The Labute approximate surface area is 189 Å². The fourth-order valence-electron chi connectivity index (χ4n) is 5.75. The summed E-state index contributed by atoms with van der Waals surface area (Å²) < 4.78 is 3.44. The van der Waals surface area contributed by atoms with Crippen molar-refractivity contribution in [2.24, 2.45) is 0 Å². The van der Waals surface area contributed by atoms with Gasteiger partial charge in [-0.3, -0.25) is 0 Å². The van der Waals surface area contributed by atoms with Crippen LogP contribution in [0, 0.1) is 0 Å². The molecule has 0 bridgehead atoms. The van der Waals surface area contributed by atoms with E-state index in [1.165, 1.54) is 0 Å². The van der Waals surface area contributed by atoms with Crippen LogP contribution in [0.1, 0.15) is 12.8 Å². The van der Waals surface area contributed by atoms with Crippen LogP contribution in [0.5, 0.6) is 0 Å². The number of allylic oxidation sites excluding steroid dienone is 8. The van der Waals surface area contributed by atoms with Gasteiger partial charge in [-0.2, -0.15) is 0 Å². The SMILES string of the molecule is [CH3][Ti]([C]1=CC=CC1)([C]1=CC=CC1)[Si](c1ccccc1)(c1ccccc1)c1ccccc1. The second-order valence-corrected chi connectivity index (χ2v) is 25.0. The molecule has 0 aromatic heterocycles. The molecular weight excluding hydrogens is 424 g/mol. The normalized spacial score (nSPS) is 15.8. The van der Waals surface area contributed by atoms with E-state index in [0.717, 1.165) is 12.8 Å². The van der Waals surface area contributed by atoms with Crippen molar-refractivity contribution in [2.45, 2.75) is 18.1 Å². The average molecular weight is 452 g/mol. The predicted molar refractivity (Wildman–Crippen MR) is 134 cm³/mol. The molecule has 0 aliphatic heterocycles. The van der Waals surface area contributed by atoms with E-state index in [1.54, 1.807) is 23.3 Å². The molecule has 31 heavy (non-hydrogen) atoms. The van der Waals surface area contributed by atoms with Gasteiger partial charge < -0.3 is 0 Å². The fraction of sp³-hybridized carbons (Fsp3) is 0.103. The van der Waals surface area contributed by atoms with Gasteiger partial charge >= 0.3 is 191 Å². The van der Waals surface area contributed by atoms with Gasteiger partial charge in [0.25, 0.3) is 0 Å². The molecule has 0 amide bonds. The molecule has 0 nitrogen and oxygen atoms in total. The molecule has 0 unspecified atom stereocenters. The number of rotatable bonds is 6. The molecule has 0 fully saturated rings. The van der Waals surface area contributed by atoms with Crippen LogP contribution < -0.4 is 15.6 Å². The topological polar surface area (TPSA) is 0 Å². The van der Waals surface area contributed by atoms with E-state index in [-0.39, 0.29) is 0 Å². The van der Waals surface area contributed by atoms with Crippen LogP contribution in [-0.4, -0.2) is 5.94 Å². The minimum absolute atomic E-state index is 1.11. The van der Waals surface area contributed by atoms with Gasteiger partial charge in [0.05, 0.1) is 0 Å². The van der Waals surface area contributed by atoms with Gasteiger partial charge in [0, 0.05) is 0 Å². The molecular formula is C29H28SiTi. The third kappa shape index (κ3) is 3.24. The quantitative estimate of drug-likeness (QED) is 0.340. The number of benzene rings is 3. The molecule has 0 saturated heterocycles. The standard InChI is InChI=1S/C18H15Si.2C5H5.CH3.Ti/c1-4-10-16(11-5-1)19(17-12-6-2-7-13-17)18-14-8-3-9-15-18;2*1-2-4-5-3-1;;/h1-15H;2*1-3H,4H2;1H3;. The molecule has 5 rings (SSSR count). The van der Waals surface area contributed by atoms with Gasteiger partial charge in [0.1, 0.15) is 0 Å². The van der Waals surface area contributed by atoms with Crippen molar-refractivity contribution in [3.63, 3.8) is 0 Å². The van der Waals surface area contributed by atoms with Gasteiger partial charge in [0.15, 0.2) is 0 Å². The Morgan fingerprint density at radius 2 is 0.903 bits per heavy atom. The zero-order valence-corrected chi connectivity index (χ0v) is 20.6. The summed E-state index contributed by atoms with van der Waals surface area (Å²) >= 11 is -2.87. The van der Waals surface area contributed by atoms with Crippen LogP contribution in [0.15, 0.2) is 135 Å². The van der Waals surface area contributed by atoms with Crippen LogP contribution in [0.25, 0.3) is 0 Å². The van der Waals surface area contributed by atoms with Crippen molar-refractivity contribution in [3.05, 3.63) is 135 Å². The molecule has 0 radical (unpaired) electrons. The van der Waals surface area contributed by atoms with E-state index in [9.17, 15) is 0 Å². The average Bonchev–Trinajstić information content (AvgIpc) is 3.57. The van der Waals surface area contributed by atoms with Crippen molar-refractivity contribution in [1.82, 2.24) is 0 Å². The van der Waals surface area contributed by atoms with E-state index in [1.807, 2.05) is 0 Å². The molecule has 3 aromatic carbocycles. The van der Waals surface area contributed by atoms with Crippen molar-refractivity contribution < 1.29 is 15.8 Å². The summed E-state index contributed by atoms with van der Waals surface area (Å²) in [5.41, 5.74) is 0.